The summed E-state index contributed by atoms with van der Waals surface area (Å²) in [5.74, 6) is -2.30. The summed E-state index contributed by atoms with van der Waals surface area (Å²) in [5.41, 5.74) is 7.58. The zero-order valence-corrected chi connectivity index (χ0v) is 25.1. The predicted octanol–water partition coefficient (Wildman–Crippen LogP) is 4.86. The number of amidine groups is 1. The van der Waals surface area contributed by atoms with Gasteiger partial charge in [-0.15, -0.1) is 0 Å². The molecule has 0 spiro atoms. The number of rotatable bonds is 6. The predicted molar refractivity (Wildman–Crippen MR) is 169 cm³/mol. The summed E-state index contributed by atoms with van der Waals surface area (Å²) in [6.45, 7) is 11.1. The lowest BCUT2D eigenvalue weighted by Crippen LogP contribution is -2.61. The maximum absolute atomic E-state index is 17.1. The van der Waals surface area contributed by atoms with Crippen molar-refractivity contribution in [2.24, 2.45) is 0 Å². The van der Waals surface area contributed by atoms with Gasteiger partial charge in [0, 0.05) is 54.9 Å². The van der Waals surface area contributed by atoms with E-state index in [9.17, 15) is 15.3 Å². The summed E-state index contributed by atoms with van der Waals surface area (Å²) in [5, 5.41) is 34.0. The summed E-state index contributed by atoms with van der Waals surface area (Å²) in [4.78, 5) is 20.3. The molecule has 44 heavy (non-hydrogen) atoms. The zero-order valence-electron chi connectivity index (χ0n) is 25.1. The minimum Gasteiger partial charge on any atom is -0.398 e. The van der Waals surface area contributed by atoms with Gasteiger partial charge in [-0.1, -0.05) is 12.6 Å². The third-order valence-electron chi connectivity index (χ3n) is 8.43. The maximum Gasteiger partial charge on any atom is 0.246 e. The average molecular weight is 603 g/mol. The van der Waals surface area contributed by atoms with Crippen molar-refractivity contribution in [2.75, 3.05) is 36.0 Å². The number of halogens is 2. The van der Waals surface area contributed by atoms with Gasteiger partial charge in [0.05, 0.1) is 46.0 Å². The molecule has 1 saturated heterocycles. The van der Waals surface area contributed by atoms with E-state index in [2.05, 4.69) is 22.2 Å². The molecule has 3 atom stereocenters. The van der Waals surface area contributed by atoms with Gasteiger partial charge in [0.2, 0.25) is 5.91 Å². The number of aryl methyl sites for hydroxylation is 2. The van der Waals surface area contributed by atoms with E-state index in [0.717, 1.165) is 6.21 Å². The van der Waals surface area contributed by atoms with Gasteiger partial charge in [-0.2, -0.15) is 0 Å². The topological polar surface area (TPSA) is 154 Å². The van der Waals surface area contributed by atoms with Crippen LogP contribution in [0.15, 0.2) is 37.1 Å². The van der Waals surface area contributed by atoms with Crippen LogP contribution in [0.1, 0.15) is 47.9 Å². The highest BCUT2D eigenvalue weighted by atomic mass is 19.1. The Bertz CT molecular complexity index is 1710. The number of nitrogens with one attached hydrogen (secondary N) is 4. The minimum absolute atomic E-state index is 0.0419. The molecule has 0 aliphatic carbocycles. The van der Waals surface area contributed by atoms with Crippen LogP contribution in [0.4, 0.5) is 31.5 Å². The Kier molecular flexibility index (Phi) is 8.13. The van der Waals surface area contributed by atoms with E-state index < -0.39 is 29.3 Å². The van der Waals surface area contributed by atoms with Gasteiger partial charge in [0.25, 0.3) is 0 Å². The van der Waals surface area contributed by atoms with Gasteiger partial charge in [0.15, 0.2) is 11.6 Å². The van der Waals surface area contributed by atoms with Crippen LogP contribution in [-0.4, -0.2) is 69.6 Å². The standard InChI is InChI=1S/C32H36F2N8O2/c1-6-22(44)41-14-19-12-39-30-25(32(37)42(19)13-17(41)4)31(40-28-16(3)9-10-38-29(28)18(5)43)27(34)24(26(30)33)23-15(2)7-8-21(36)20(23)11-35/h6-11,17-19,35,37,39-40,43H,1,12-14,36H2,2-5H3. The van der Waals surface area contributed by atoms with E-state index >= 15 is 8.78 Å². The monoisotopic (exact) mass is 602 g/mol. The van der Waals surface area contributed by atoms with Crippen LogP contribution in [0.3, 0.4) is 0 Å². The first-order valence-electron chi connectivity index (χ1n) is 14.3. The minimum atomic E-state index is -1.02. The van der Waals surface area contributed by atoms with Crippen molar-refractivity contribution in [3.8, 4) is 11.1 Å². The van der Waals surface area contributed by atoms with Crippen LogP contribution in [0.5, 0.6) is 0 Å². The lowest BCUT2D eigenvalue weighted by molar-refractivity contribution is -0.130. The van der Waals surface area contributed by atoms with Crippen molar-refractivity contribution in [3.63, 3.8) is 0 Å². The van der Waals surface area contributed by atoms with Crippen LogP contribution in [0.25, 0.3) is 11.1 Å². The Morgan fingerprint density at radius 1 is 1.18 bits per heavy atom. The molecule has 3 unspecified atom stereocenters. The molecule has 5 rings (SSSR count). The van der Waals surface area contributed by atoms with E-state index in [0.29, 0.717) is 16.8 Å². The highest BCUT2D eigenvalue weighted by Gasteiger charge is 2.40. The number of amides is 1. The number of aromatic nitrogens is 1. The van der Waals surface area contributed by atoms with E-state index in [1.807, 2.05) is 6.92 Å². The average Bonchev–Trinajstić information content (AvgIpc) is 3.13. The third kappa shape index (κ3) is 4.94. The van der Waals surface area contributed by atoms with Crippen molar-refractivity contribution in [1.29, 1.82) is 10.8 Å². The fourth-order valence-electron chi connectivity index (χ4n) is 6.12. The Morgan fingerprint density at radius 2 is 1.91 bits per heavy atom. The molecule has 12 heteroatoms. The molecule has 3 aromatic rings. The Morgan fingerprint density at radius 3 is 2.57 bits per heavy atom. The van der Waals surface area contributed by atoms with E-state index in [1.165, 1.54) is 19.2 Å². The van der Waals surface area contributed by atoms with E-state index in [-0.39, 0.29) is 76.9 Å². The molecule has 230 valence electrons. The summed E-state index contributed by atoms with van der Waals surface area (Å²) in [6, 6.07) is 4.19. The van der Waals surface area contributed by atoms with Crippen molar-refractivity contribution in [1.82, 2.24) is 14.8 Å². The molecule has 1 amide bonds. The number of carbonyl (C=O) groups excluding carboxylic acids is 1. The molecule has 2 aromatic carbocycles. The second kappa shape index (κ2) is 11.7. The molecule has 0 saturated carbocycles. The lowest BCUT2D eigenvalue weighted by Gasteiger charge is -2.45. The number of hydrogen-bond acceptors (Lipinski definition) is 8. The van der Waals surface area contributed by atoms with Gasteiger partial charge in [-0.3, -0.25) is 15.2 Å². The fraction of sp³-hybridized carbons (Fsp3) is 0.312. The molecule has 10 nitrogen and oxygen atoms in total. The van der Waals surface area contributed by atoms with Crippen molar-refractivity contribution in [2.45, 2.75) is 45.9 Å². The van der Waals surface area contributed by atoms with Crippen LogP contribution >= 0.6 is 0 Å². The van der Waals surface area contributed by atoms with Crippen molar-refractivity contribution < 1.29 is 18.7 Å². The van der Waals surface area contributed by atoms with Gasteiger partial charge in [-0.05, 0) is 57.0 Å². The summed E-state index contributed by atoms with van der Waals surface area (Å²) >= 11 is 0. The second-order valence-corrected chi connectivity index (χ2v) is 11.3. The number of benzene rings is 2. The van der Waals surface area contributed by atoms with E-state index in [1.54, 1.807) is 41.8 Å². The number of pyridine rings is 1. The molecule has 0 radical (unpaired) electrons. The normalized spacial score (nSPS) is 18.5. The Labute approximate surface area is 254 Å². The number of aliphatic hydroxyl groups excluding tert-OH is 1. The maximum atomic E-state index is 17.1. The van der Waals surface area contributed by atoms with Crippen LogP contribution in [0.2, 0.25) is 0 Å². The Balaban J connectivity index is 1.80. The van der Waals surface area contributed by atoms with Gasteiger partial charge in [-0.25, -0.2) is 8.78 Å². The molecule has 2 aliphatic rings. The van der Waals surface area contributed by atoms with Crippen LogP contribution in [-0.2, 0) is 4.79 Å². The molecule has 2 aliphatic heterocycles. The number of nitrogen functional groups attached to an aromatic ring is 1. The highest BCUT2D eigenvalue weighted by molar-refractivity contribution is 6.10. The van der Waals surface area contributed by atoms with Crippen LogP contribution < -0.4 is 16.4 Å². The smallest absolute Gasteiger partial charge is 0.246 e. The van der Waals surface area contributed by atoms with Gasteiger partial charge in [0.1, 0.15) is 5.84 Å². The molecular weight excluding hydrogens is 566 g/mol. The van der Waals surface area contributed by atoms with Crippen molar-refractivity contribution >= 4 is 40.7 Å². The lowest BCUT2D eigenvalue weighted by atomic mass is 9.90. The van der Waals surface area contributed by atoms with Crippen molar-refractivity contribution in [3.05, 3.63) is 76.6 Å². The largest absolute Gasteiger partial charge is 0.398 e. The first-order valence-corrected chi connectivity index (χ1v) is 14.3. The number of hydrogen-bond donors (Lipinski definition) is 6. The summed E-state index contributed by atoms with van der Waals surface area (Å²) in [6.07, 6.45) is 2.72. The number of nitrogens with two attached hydrogens (primary N) is 1. The Hall–Kier alpha value is -4.84. The first-order chi connectivity index (χ1) is 20.9. The van der Waals surface area contributed by atoms with E-state index in [4.69, 9.17) is 11.1 Å². The number of aliphatic hydroxyl groups is 1. The van der Waals surface area contributed by atoms with Crippen LogP contribution in [0, 0.1) is 36.3 Å². The first kappa shape index (κ1) is 30.6. The fourth-order valence-corrected chi connectivity index (χ4v) is 6.12. The molecule has 1 aromatic heterocycles. The number of fused-ring (bicyclic) bond motifs is 2. The van der Waals surface area contributed by atoms with Gasteiger partial charge < -0.3 is 36.7 Å². The molecular formula is C32H36F2N8O2. The molecule has 7 N–H and O–H groups in total. The zero-order chi connectivity index (χ0) is 32.0. The van der Waals surface area contributed by atoms with Gasteiger partial charge >= 0.3 is 0 Å². The number of carbonyl (C=O) groups is 1. The number of nitrogens with zero attached hydrogens (tertiary/aromatic N) is 3. The third-order valence-corrected chi connectivity index (χ3v) is 8.43. The SMILES string of the molecule is C=CC(=O)N1CC2CNc3c(F)c(-c4c(C)ccc(N)c4C=N)c(F)c(Nc4c(C)ccnc4C(C)O)c3C(=N)N2CC1C. The number of anilines is 4. The highest BCUT2D eigenvalue weighted by Crippen LogP contribution is 2.45. The quantitative estimate of drug-likeness (QED) is 0.134. The summed E-state index contributed by atoms with van der Waals surface area (Å²) in [7, 11) is 0. The second-order valence-electron chi connectivity index (χ2n) is 11.3. The summed E-state index contributed by atoms with van der Waals surface area (Å²) < 4.78 is 33.9. The molecule has 3 heterocycles. The molecule has 0 bridgehead atoms. The number of piperazine rings is 1. The molecule has 1 fully saturated rings.